The maximum absolute atomic E-state index is 10.0. The Bertz CT molecular complexity index is 631. The van der Waals surface area contributed by atoms with Crippen molar-refractivity contribution in [1.82, 2.24) is 10.3 Å². The van der Waals surface area contributed by atoms with E-state index < -0.39 is 6.10 Å². The van der Waals surface area contributed by atoms with Gasteiger partial charge in [-0.3, -0.25) is 0 Å². The summed E-state index contributed by atoms with van der Waals surface area (Å²) in [4.78, 5) is 8.14. The lowest BCUT2D eigenvalue weighted by Gasteiger charge is -2.17. The standard InChI is InChI=1S/C16H19N3OS/c20-14-10-17-9-13-15(14)21-16(18-13)11-3-5-12(6-4-11)19-7-1-2-8-19/h3-6,14,17,20H,1-2,7-10H2/t14-/m0/s1. The molecule has 4 nitrogen and oxygen atoms in total. The van der Waals surface area contributed by atoms with Crippen molar-refractivity contribution in [3.63, 3.8) is 0 Å². The van der Waals surface area contributed by atoms with Gasteiger partial charge in [0, 0.05) is 37.4 Å². The summed E-state index contributed by atoms with van der Waals surface area (Å²) < 4.78 is 0. The highest BCUT2D eigenvalue weighted by Gasteiger charge is 2.23. The van der Waals surface area contributed by atoms with Crippen molar-refractivity contribution in [2.24, 2.45) is 0 Å². The molecule has 2 aromatic rings. The number of thiazole rings is 1. The van der Waals surface area contributed by atoms with Gasteiger partial charge in [-0.15, -0.1) is 11.3 Å². The van der Waals surface area contributed by atoms with Crippen molar-refractivity contribution < 1.29 is 5.11 Å². The smallest absolute Gasteiger partial charge is 0.124 e. The lowest BCUT2D eigenvalue weighted by molar-refractivity contribution is 0.168. The Morgan fingerprint density at radius 2 is 1.95 bits per heavy atom. The third-order valence-electron chi connectivity index (χ3n) is 4.25. The molecule has 0 saturated carbocycles. The fraction of sp³-hybridized carbons (Fsp3) is 0.438. The molecule has 3 heterocycles. The van der Waals surface area contributed by atoms with Gasteiger partial charge >= 0.3 is 0 Å². The van der Waals surface area contributed by atoms with E-state index in [1.165, 1.54) is 31.6 Å². The summed E-state index contributed by atoms with van der Waals surface area (Å²) in [5.74, 6) is 0. The fourth-order valence-corrected chi connectivity index (χ4v) is 4.16. The maximum Gasteiger partial charge on any atom is 0.124 e. The number of aliphatic hydroxyl groups excluding tert-OH is 1. The first-order chi connectivity index (χ1) is 10.3. The monoisotopic (exact) mass is 301 g/mol. The van der Waals surface area contributed by atoms with Crippen LogP contribution in [0.25, 0.3) is 10.6 Å². The minimum atomic E-state index is -0.413. The van der Waals surface area contributed by atoms with E-state index in [1.54, 1.807) is 11.3 Å². The van der Waals surface area contributed by atoms with Gasteiger partial charge in [0.2, 0.25) is 0 Å². The molecule has 0 bridgehead atoms. The molecule has 0 spiro atoms. The first-order valence-electron chi connectivity index (χ1n) is 7.55. The van der Waals surface area contributed by atoms with E-state index >= 15 is 0 Å². The Morgan fingerprint density at radius 1 is 1.19 bits per heavy atom. The molecule has 2 aliphatic rings. The van der Waals surface area contributed by atoms with Gasteiger partial charge in [0.1, 0.15) is 11.1 Å². The SMILES string of the molecule is O[C@H]1CNCc2nc(-c3ccc(N4CCCC4)cc3)sc21. The lowest BCUT2D eigenvalue weighted by Crippen LogP contribution is -2.26. The van der Waals surface area contributed by atoms with E-state index in [4.69, 9.17) is 0 Å². The van der Waals surface area contributed by atoms with Gasteiger partial charge in [0.25, 0.3) is 0 Å². The quantitative estimate of drug-likeness (QED) is 0.895. The second-order valence-electron chi connectivity index (χ2n) is 5.72. The highest BCUT2D eigenvalue weighted by atomic mass is 32.1. The van der Waals surface area contributed by atoms with Crippen molar-refractivity contribution in [2.45, 2.75) is 25.5 Å². The van der Waals surface area contributed by atoms with Crippen molar-refractivity contribution in [1.29, 1.82) is 0 Å². The van der Waals surface area contributed by atoms with E-state index in [2.05, 4.69) is 39.5 Å². The zero-order valence-electron chi connectivity index (χ0n) is 11.9. The highest BCUT2D eigenvalue weighted by Crippen LogP contribution is 2.34. The van der Waals surface area contributed by atoms with Gasteiger partial charge in [-0.05, 0) is 37.1 Å². The maximum atomic E-state index is 10.0. The topological polar surface area (TPSA) is 48.4 Å². The largest absolute Gasteiger partial charge is 0.386 e. The van der Waals surface area contributed by atoms with Gasteiger partial charge in [-0.2, -0.15) is 0 Å². The molecule has 1 aromatic heterocycles. The Labute approximate surface area is 128 Å². The van der Waals surface area contributed by atoms with Crippen LogP contribution in [0.5, 0.6) is 0 Å². The summed E-state index contributed by atoms with van der Waals surface area (Å²) in [7, 11) is 0. The van der Waals surface area contributed by atoms with Crippen LogP contribution in [-0.2, 0) is 6.54 Å². The zero-order valence-corrected chi connectivity index (χ0v) is 12.7. The number of aromatic nitrogens is 1. The fourth-order valence-electron chi connectivity index (χ4n) is 3.08. The van der Waals surface area contributed by atoms with E-state index in [9.17, 15) is 5.11 Å². The predicted molar refractivity (Wildman–Crippen MR) is 85.7 cm³/mol. The Balaban J connectivity index is 1.61. The van der Waals surface area contributed by atoms with Gasteiger partial charge in [-0.25, -0.2) is 4.98 Å². The molecule has 0 unspecified atom stereocenters. The molecule has 4 rings (SSSR count). The van der Waals surface area contributed by atoms with Gasteiger partial charge in [-0.1, -0.05) is 0 Å². The number of nitrogens with zero attached hydrogens (tertiary/aromatic N) is 2. The van der Waals surface area contributed by atoms with Crippen LogP contribution >= 0.6 is 11.3 Å². The second kappa shape index (κ2) is 5.40. The number of anilines is 1. The Hall–Kier alpha value is -1.43. The number of hydrogen-bond acceptors (Lipinski definition) is 5. The summed E-state index contributed by atoms with van der Waals surface area (Å²) in [5, 5.41) is 14.2. The first-order valence-corrected chi connectivity index (χ1v) is 8.37. The molecule has 21 heavy (non-hydrogen) atoms. The number of rotatable bonds is 2. The normalized spacial score (nSPS) is 21.6. The van der Waals surface area contributed by atoms with E-state index in [0.29, 0.717) is 6.54 Å². The molecule has 0 amide bonds. The van der Waals surface area contributed by atoms with Gasteiger partial charge in [0.15, 0.2) is 0 Å². The van der Waals surface area contributed by atoms with Crippen LogP contribution in [0.3, 0.4) is 0 Å². The van der Waals surface area contributed by atoms with Crippen molar-refractivity contribution in [3.8, 4) is 10.6 Å². The molecule has 2 aliphatic heterocycles. The van der Waals surface area contributed by atoms with Crippen LogP contribution in [0.2, 0.25) is 0 Å². The predicted octanol–water partition coefficient (Wildman–Crippen LogP) is 2.55. The molecule has 5 heteroatoms. The van der Waals surface area contributed by atoms with Crippen LogP contribution in [-0.4, -0.2) is 29.7 Å². The van der Waals surface area contributed by atoms with Crippen LogP contribution in [0.1, 0.15) is 29.5 Å². The number of hydrogen-bond donors (Lipinski definition) is 2. The summed E-state index contributed by atoms with van der Waals surface area (Å²) in [6.07, 6.45) is 2.18. The molecule has 1 atom stereocenters. The highest BCUT2D eigenvalue weighted by molar-refractivity contribution is 7.15. The summed E-state index contributed by atoms with van der Waals surface area (Å²) >= 11 is 1.62. The summed E-state index contributed by atoms with van der Waals surface area (Å²) in [5.41, 5.74) is 3.45. The number of nitrogens with one attached hydrogen (secondary N) is 1. The van der Waals surface area contributed by atoms with E-state index in [-0.39, 0.29) is 0 Å². The van der Waals surface area contributed by atoms with Crippen molar-refractivity contribution in [3.05, 3.63) is 34.8 Å². The molecule has 2 N–H and O–H groups in total. The number of fused-ring (bicyclic) bond motifs is 1. The van der Waals surface area contributed by atoms with Crippen LogP contribution in [0, 0.1) is 0 Å². The summed E-state index contributed by atoms with van der Waals surface area (Å²) in [6.45, 7) is 3.72. The molecule has 0 radical (unpaired) electrons. The molecule has 1 fully saturated rings. The Kier molecular flexibility index (Phi) is 3.41. The first kappa shape index (κ1) is 13.2. The van der Waals surface area contributed by atoms with E-state index in [1.807, 2.05) is 0 Å². The van der Waals surface area contributed by atoms with E-state index in [0.717, 1.165) is 27.7 Å². The molecule has 0 aliphatic carbocycles. The van der Waals surface area contributed by atoms with Crippen LogP contribution in [0.4, 0.5) is 5.69 Å². The van der Waals surface area contributed by atoms with Gasteiger partial charge < -0.3 is 15.3 Å². The lowest BCUT2D eigenvalue weighted by atomic mass is 10.2. The average molecular weight is 301 g/mol. The van der Waals surface area contributed by atoms with Crippen LogP contribution < -0.4 is 10.2 Å². The number of aliphatic hydroxyl groups is 1. The number of β-amino-alcohol motifs (C(OH)–C–C–N with tert-alkyl or cyclic N) is 1. The molecular weight excluding hydrogens is 282 g/mol. The minimum Gasteiger partial charge on any atom is -0.386 e. The third kappa shape index (κ3) is 2.46. The molecule has 110 valence electrons. The minimum absolute atomic E-state index is 0.413. The molecule has 1 saturated heterocycles. The number of benzene rings is 1. The zero-order chi connectivity index (χ0) is 14.2. The van der Waals surface area contributed by atoms with Gasteiger partial charge in [0.05, 0.1) is 10.6 Å². The summed E-state index contributed by atoms with van der Waals surface area (Å²) in [6, 6.07) is 8.68. The van der Waals surface area contributed by atoms with Crippen LogP contribution in [0.15, 0.2) is 24.3 Å². The van der Waals surface area contributed by atoms with Crippen molar-refractivity contribution in [2.75, 3.05) is 24.5 Å². The second-order valence-corrected chi connectivity index (χ2v) is 6.75. The Morgan fingerprint density at radius 3 is 2.67 bits per heavy atom. The van der Waals surface area contributed by atoms with Crippen molar-refractivity contribution >= 4 is 17.0 Å². The molecular formula is C16H19N3OS. The third-order valence-corrected chi connectivity index (χ3v) is 5.49. The average Bonchev–Trinajstić information content (AvgIpc) is 3.18. The molecule has 1 aromatic carbocycles.